The molecule has 2 unspecified atom stereocenters. The van der Waals surface area contributed by atoms with Gasteiger partial charge in [-0.05, 0) is 42.3 Å². The number of rotatable bonds is 7. The maximum atomic E-state index is 3.65. The van der Waals surface area contributed by atoms with Gasteiger partial charge in [-0.1, -0.05) is 58.9 Å². The minimum atomic E-state index is 0.586. The quantitative estimate of drug-likeness (QED) is 0.737. The molecule has 0 fully saturated rings. The van der Waals surface area contributed by atoms with Crippen molar-refractivity contribution in [1.82, 2.24) is 5.32 Å². The highest BCUT2D eigenvalue weighted by molar-refractivity contribution is 5.27. The van der Waals surface area contributed by atoms with Gasteiger partial charge in [0.1, 0.15) is 0 Å². The predicted molar refractivity (Wildman–Crippen MR) is 81.3 cm³/mol. The zero-order valence-corrected chi connectivity index (χ0v) is 12.7. The molecule has 0 heterocycles. The summed E-state index contributed by atoms with van der Waals surface area (Å²) in [6.07, 6.45) is 2.39. The monoisotopic (exact) mass is 247 g/mol. The molecule has 1 N–H and O–H groups in total. The lowest BCUT2D eigenvalue weighted by atomic mass is 9.90. The van der Waals surface area contributed by atoms with E-state index in [1.807, 2.05) is 0 Å². The summed E-state index contributed by atoms with van der Waals surface area (Å²) in [4.78, 5) is 0. The Kier molecular flexibility index (Phi) is 6.42. The molecule has 0 amide bonds. The van der Waals surface area contributed by atoms with Crippen LogP contribution < -0.4 is 5.32 Å². The molecule has 1 rings (SSSR count). The first kappa shape index (κ1) is 15.2. The third-order valence-corrected chi connectivity index (χ3v) is 3.83. The first-order valence-electron chi connectivity index (χ1n) is 7.43. The van der Waals surface area contributed by atoms with Gasteiger partial charge in [0.05, 0.1) is 0 Å². The van der Waals surface area contributed by atoms with Crippen LogP contribution in [-0.4, -0.2) is 12.6 Å². The molecule has 2 atom stereocenters. The number of benzene rings is 1. The standard InChI is InChI=1S/C17H29N/c1-6-12-18-17(7-2)14(5)16-10-8-15(9-11-16)13(3)4/h8-11,13-14,17-18H,6-7,12H2,1-5H3. The van der Waals surface area contributed by atoms with Gasteiger partial charge >= 0.3 is 0 Å². The summed E-state index contributed by atoms with van der Waals surface area (Å²) in [6.45, 7) is 12.4. The number of hydrogen-bond donors (Lipinski definition) is 1. The smallest absolute Gasteiger partial charge is 0.0130 e. The van der Waals surface area contributed by atoms with E-state index in [9.17, 15) is 0 Å². The normalized spacial score (nSPS) is 14.8. The van der Waals surface area contributed by atoms with E-state index in [1.54, 1.807) is 0 Å². The van der Waals surface area contributed by atoms with Gasteiger partial charge < -0.3 is 5.32 Å². The summed E-state index contributed by atoms with van der Waals surface area (Å²) in [7, 11) is 0. The van der Waals surface area contributed by atoms with Gasteiger partial charge in [0.25, 0.3) is 0 Å². The zero-order valence-electron chi connectivity index (χ0n) is 12.7. The van der Waals surface area contributed by atoms with Crippen LogP contribution in [0.5, 0.6) is 0 Å². The molecule has 0 aliphatic carbocycles. The average Bonchev–Trinajstić information content (AvgIpc) is 2.39. The fourth-order valence-electron chi connectivity index (χ4n) is 2.42. The summed E-state index contributed by atoms with van der Waals surface area (Å²) < 4.78 is 0. The average molecular weight is 247 g/mol. The van der Waals surface area contributed by atoms with E-state index in [0.717, 1.165) is 6.54 Å². The van der Waals surface area contributed by atoms with Crippen LogP contribution >= 0.6 is 0 Å². The molecule has 0 spiro atoms. The molecular formula is C17H29N. The van der Waals surface area contributed by atoms with E-state index in [-0.39, 0.29) is 0 Å². The van der Waals surface area contributed by atoms with Crippen molar-refractivity contribution in [1.29, 1.82) is 0 Å². The van der Waals surface area contributed by atoms with E-state index in [2.05, 4.69) is 64.2 Å². The van der Waals surface area contributed by atoms with Crippen molar-refractivity contribution in [3.8, 4) is 0 Å². The first-order valence-corrected chi connectivity index (χ1v) is 7.43. The molecule has 0 bridgehead atoms. The lowest BCUT2D eigenvalue weighted by molar-refractivity contribution is 0.438. The lowest BCUT2D eigenvalue weighted by Crippen LogP contribution is -2.33. The molecule has 0 saturated heterocycles. The molecule has 0 aliphatic heterocycles. The fourth-order valence-corrected chi connectivity index (χ4v) is 2.42. The van der Waals surface area contributed by atoms with Crippen LogP contribution in [0.1, 0.15) is 70.4 Å². The van der Waals surface area contributed by atoms with Crippen molar-refractivity contribution < 1.29 is 0 Å². The molecule has 1 heteroatoms. The summed E-state index contributed by atoms with van der Waals surface area (Å²) in [6, 6.07) is 9.76. The van der Waals surface area contributed by atoms with Crippen molar-refractivity contribution in [3.05, 3.63) is 35.4 Å². The van der Waals surface area contributed by atoms with E-state index in [1.165, 1.54) is 24.0 Å². The van der Waals surface area contributed by atoms with E-state index in [4.69, 9.17) is 0 Å². The molecule has 1 nitrogen and oxygen atoms in total. The second-order valence-electron chi connectivity index (χ2n) is 5.58. The van der Waals surface area contributed by atoms with E-state index >= 15 is 0 Å². The van der Waals surface area contributed by atoms with E-state index in [0.29, 0.717) is 17.9 Å². The second kappa shape index (κ2) is 7.58. The highest BCUT2D eigenvalue weighted by Gasteiger charge is 2.16. The molecule has 0 aromatic heterocycles. The van der Waals surface area contributed by atoms with Crippen molar-refractivity contribution in [3.63, 3.8) is 0 Å². The Morgan fingerprint density at radius 3 is 1.94 bits per heavy atom. The van der Waals surface area contributed by atoms with Crippen LogP contribution in [0.4, 0.5) is 0 Å². The maximum absolute atomic E-state index is 3.65. The zero-order chi connectivity index (χ0) is 13.5. The molecular weight excluding hydrogens is 218 g/mol. The molecule has 1 aromatic rings. The molecule has 102 valence electrons. The highest BCUT2D eigenvalue weighted by atomic mass is 14.9. The van der Waals surface area contributed by atoms with Crippen LogP contribution in [-0.2, 0) is 0 Å². The predicted octanol–water partition coefficient (Wildman–Crippen LogP) is 4.69. The molecule has 18 heavy (non-hydrogen) atoms. The van der Waals surface area contributed by atoms with Crippen molar-refractivity contribution in [2.24, 2.45) is 0 Å². The molecule has 0 saturated carbocycles. The Morgan fingerprint density at radius 2 is 1.50 bits per heavy atom. The van der Waals surface area contributed by atoms with Crippen LogP contribution in [0.25, 0.3) is 0 Å². The van der Waals surface area contributed by atoms with Crippen molar-refractivity contribution in [2.45, 2.75) is 65.3 Å². The van der Waals surface area contributed by atoms with Crippen molar-refractivity contribution >= 4 is 0 Å². The van der Waals surface area contributed by atoms with Crippen LogP contribution in [0.3, 0.4) is 0 Å². The van der Waals surface area contributed by atoms with E-state index < -0.39 is 0 Å². The van der Waals surface area contributed by atoms with Gasteiger partial charge in [0, 0.05) is 6.04 Å². The summed E-state index contributed by atoms with van der Waals surface area (Å²) in [5.74, 6) is 1.21. The summed E-state index contributed by atoms with van der Waals surface area (Å²) in [5, 5.41) is 3.65. The summed E-state index contributed by atoms with van der Waals surface area (Å²) in [5.41, 5.74) is 2.88. The Morgan fingerprint density at radius 1 is 0.944 bits per heavy atom. The van der Waals surface area contributed by atoms with Gasteiger partial charge in [-0.25, -0.2) is 0 Å². The first-order chi connectivity index (χ1) is 8.60. The van der Waals surface area contributed by atoms with Gasteiger partial charge in [0.2, 0.25) is 0 Å². The van der Waals surface area contributed by atoms with Crippen LogP contribution in [0.15, 0.2) is 24.3 Å². The van der Waals surface area contributed by atoms with Crippen LogP contribution in [0, 0.1) is 0 Å². The minimum Gasteiger partial charge on any atom is -0.313 e. The molecule has 0 aliphatic rings. The Balaban J connectivity index is 2.72. The van der Waals surface area contributed by atoms with Gasteiger partial charge in [-0.2, -0.15) is 0 Å². The summed E-state index contributed by atoms with van der Waals surface area (Å²) >= 11 is 0. The number of hydrogen-bond acceptors (Lipinski definition) is 1. The lowest BCUT2D eigenvalue weighted by Gasteiger charge is -2.24. The Bertz CT molecular complexity index is 326. The van der Waals surface area contributed by atoms with Gasteiger partial charge in [-0.3, -0.25) is 0 Å². The Hall–Kier alpha value is -0.820. The largest absolute Gasteiger partial charge is 0.313 e. The third-order valence-electron chi connectivity index (χ3n) is 3.83. The van der Waals surface area contributed by atoms with Crippen molar-refractivity contribution in [2.75, 3.05) is 6.54 Å². The molecule has 1 aromatic carbocycles. The van der Waals surface area contributed by atoms with Gasteiger partial charge in [0.15, 0.2) is 0 Å². The third kappa shape index (κ3) is 4.13. The number of nitrogens with one attached hydrogen (secondary N) is 1. The second-order valence-corrected chi connectivity index (χ2v) is 5.58. The Labute approximate surface area is 113 Å². The van der Waals surface area contributed by atoms with Crippen LogP contribution in [0.2, 0.25) is 0 Å². The SMILES string of the molecule is CCCNC(CC)C(C)c1ccc(C(C)C)cc1. The fraction of sp³-hybridized carbons (Fsp3) is 0.647. The topological polar surface area (TPSA) is 12.0 Å². The minimum absolute atomic E-state index is 0.586. The molecule has 0 radical (unpaired) electrons. The van der Waals surface area contributed by atoms with Gasteiger partial charge in [-0.15, -0.1) is 0 Å². The maximum Gasteiger partial charge on any atom is 0.0130 e. The highest BCUT2D eigenvalue weighted by Crippen LogP contribution is 2.23.